The van der Waals surface area contributed by atoms with E-state index in [1.54, 1.807) is 47.8 Å². The summed E-state index contributed by atoms with van der Waals surface area (Å²) in [5.74, 6) is -0.724. The monoisotopic (exact) mass is 494 g/mol. The highest BCUT2D eigenvalue weighted by atomic mass is 19.1. The molecule has 0 aliphatic carbocycles. The molecule has 5 aromatic rings. The Bertz CT molecular complexity index is 1600. The van der Waals surface area contributed by atoms with Crippen LogP contribution in [0.4, 0.5) is 13.6 Å². The predicted molar refractivity (Wildman–Crippen MR) is 134 cm³/mol. The lowest BCUT2D eigenvalue weighted by atomic mass is 10.0. The maximum atomic E-state index is 13.6. The highest BCUT2D eigenvalue weighted by Gasteiger charge is 2.23. The molecular formula is C28H20F2N6O. The summed E-state index contributed by atoms with van der Waals surface area (Å²) in [5, 5.41) is 2.94. The van der Waals surface area contributed by atoms with Crippen molar-refractivity contribution in [2.24, 2.45) is 0 Å². The highest BCUT2D eigenvalue weighted by molar-refractivity contribution is 5.84. The molecule has 2 amide bonds. The third-order valence-electron chi connectivity index (χ3n) is 6.27. The van der Waals surface area contributed by atoms with Crippen LogP contribution in [-0.2, 0) is 19.6 Å². The van der Waals surface area contributed by atoms with Crippen LogP contribution < -0.4 is 5.32 Å². The zero-order valence-electron chi connectivity index (χ0n) is 19.5. The zero-order valence-corrected chi connectivity index (χ0v) is 19.5. The number of rotatable bonds is 4. The normalized spacial score (nSPS) is 12.5. The Hall–Kier alpha value is -4.79. The Kier molecular flexibility index (Phi) is 5.72. The van der Waals surface area contributed by atoms with Gasteiger partial charge in [0.15, 0.2) is 5.65 Å². The second-order valence-corrected chi connectivity index (χ2v) is 8.78. The van der Waals surface area contributed by atoms with Crippen molar-refractivity contribution in [2.45, 2.75) is 19.6 Å². The molecule has 0 unspecified atom stereocenters. The van der Waals surface area contributed by atoms with E-state index in [2.05, 4.69) is 15.3 Å². The summed E-state index contributed by atoms with van der Waals surface area (Å²) < 4.78 is 27.1. The lowest BCUT2D eigenvalue weighted by molar-refractivity contribution is 0.198. The maximum Gasteiger partial charge on any atom is 0.318 e. The van der Waals surface area contributed by atoms with Crippen molar-refractivity contribution in [2.75, 3.05) is 0 Å². The van der Waals surface area contributed by atoms with E-state index in [9.17, 15) is 13.6 Å². The van der Waals surface area contributed by atoms with E-state index in [1.165, 1.54) is 24.3 Å². The SMILES string of the molecule is O=C(NCc1cnc2nc(-c3ccc(F)cc3)c(-c3ccc(F)cc3)nc2c1)N1Cc2ccncc2C1. The molecule has 7 nitrogen and oxygen atoms in total. The van der Waals surface area contributed by atoms with Crippen LogP contribution in [0.2, 0.25) is 0 Å². The quantitative estimate of drug-likeness (QED) is 0.369. The minimum Gasteiger partial charge on any atom is -0.334 e. The largest absolute Gasteiger partial charge is 0.334 e. The fourth-order valence-electron chi connectivity index (χ4n) is 4.36. The van der Waals surface area contributed by atoms with Crippen LogP contribution in [0.25, 0.3) is 33.7 Å². The number of nitrogens with zero attached hydrogens (tertiary/aromatic N) is 5. The minimum absolute atomic E-state index is 0.180. The number of aromatic nitrogens is 4. The molecule has 3 aromatic heterocycles. The van der Waals surface area contributed by atoms with Gasteiger partial charge in [-0.2, -0.15) is 0 Å². The molecule has 0 atom stereocenters. The number of amides is 2. The number of nitrogens with one attached hydrogen (secondary N) is 1. The van der Waals surface area contributed by atoms with Crippen LogP contribution >= 0.6 is 0 Å². The van der Waals surface area contributed by atoms with Gasteiger partial charge in [-0.25, -0.2) is 28.5 Å². The first-order chi connectivity index (χ1) is 18.0. The average Bonchev–Trinajstić information content (AvgIpc) is 3.36. The third-order valence-corrected chi connectivity index (χ3v) is 6.27. The molecule has 9 heteroatoms. The molecular weight excluding hydrogens is 474 g/mol. The van der Waals surface area contributed by atoms with Crippen molar-refractivity contribution in [3.8, 4) is 22.5 Å². The minimum atomic E-state index is -0.363. The first kappa shape index (κ1) is 22.7. The van der Waals surface area contributed by atoms with Crippen LogP contribution in [0, 0.1) is 11.6 Å². The van der Waals surface area contributed by atoms with Crippen molar-refractivity contribution in [1.29, 1.82) is 0 Å². The molecule has 0 radical (unpaired) electrons. The van der Waals surface area contributed by atoms with Crippen molar-refractivity contribution < 1.29 is 13.6 Å². The Morgan fingerprint density at radius 3 is 2.16 bits per heavy atom. The first-order valence-corrected chi connectivity index (χ1v) is 11.7. The van der Waals surface area contributed by atoms with Gasteiger partial charge >= 0.3 is 6.03 Å². The second-order valence-electron chi connectivity index (χ2n) is 8.78. The molecule has 37 heavy (non-hydrogen) atoms. The van der Waals surface area contributed by atoms with Crippen molar-refractivity contribution in [3.05, 3.63) is 108 Å². The molecule has 2 aromatic carbocycles. The van der Waals surface area contributed by atoms with Crippen LogP contribution in [-0.4, -0.2) is 30.9 Å². The van der Waals surface area contributed by atoms with Crippen molar-refractivity contribution in [1.82, 2.24) is 30.2 Å². The fourth-order valence-corrected chi connectivity index (χ4v) is 4.36. The first-order valence-electron chi connectivity index (χ1n) is 11.7. The number of carbonyl (C=O) groups is 1. The van der Waals surface area contributed by atoms with Crippen LogP contribution in [0.15, 0.2) is 79.3 Å². The number of pyridine rings is 2. The molecule has 1 aliphatic rings. The van der Waals surface area contributed by atoms with Gasteiger partial charge in [0.05, 0.1) is 11.4 Å². The molecule has 0 bridgehead atoms. The van der Waals surface area contributed by atoms with Gasteiger partial charge in [0.2, 0.25) is 0 Å². The topological polar surface area (TPSA) is 83.9 Å². The van der Waals surface area contributed by atoms with Crippen molar-refractivity contribution in [3.63, 3.8) is 0 Å². The lowest BCUT2D eigenvalue weighted by Crippen LogP contribution is -2.36. The average molecular weight is 495 g/mol. The molecule has 0 saturated heterocycles. The van der Waals surface area contributed by atoms with Gasteiger partial charge in [-0.15, -0.1) is 0 Å². The summed E-state index contributed by atoms with van der Waals surface area (Å²) in [5.41, 5.74) is 6.18. The molecule has 0 fully saturated rings. The van der Waals surface area contributed by atoms with E-state index in [0.717, 1.165) is 16.7 Å². The molecule has 182 valence electrons. The summed E-state index contributed by atoms with van der Waals surface area (Å²) in [6.45, 7) is 1.32. The van der Waals surface area contributed by atoms with E-state index >= 15 is 0 Å². The number of fused-ring (bicyclic) bond motifs is 2. The van der Waals surface area contributed by atoms with Gasteiger partial charge in [0.25, 0.3) is 0 Å². The second kappa shape index (κ2) is 9.34. The molecule has 6 rings (SSSR count). The Morgan fingerprint density at radius 2 is 1.49 bits per heavy atom. The van der Waals surface area contributed by atoms with Crippen LogP contribution in [0.1, 0.15) is 16.7 Å². The van der Waals surface area contributed by atoms with E-state index in [0.29, 0.717) is 46.8 Å². The Morgan fingerprint density at radius 1 is 0.838 bits per heavy atom. The molecule has 0 saturated carbocycles. The summed E-state index contributed by atoms with van der Waals surface area (Å²) in [6, 6.07) is 15.5. The number of benzene rings is 2. The summed E-state index contributed by atoms with van der Waals surface area (Å²) in [4.78, 5) is 32.5. The molecule has 4 heterocycles. The molecule has 0 spiro atoms. The van der Waals surface area contributed by atoms with Crippen molar-refractivity contribution >= 4 is 17.2 Å². The maximum absolute atomic E-state index is 13.6. The molecule has 1 N–H and O–H groups in total. The number of carbonyl (C=O) groups excluding carboxylic acids is 1. The van der Waals surface area contributed by atoms with Gasteiger partial charge in [-0.05, 0) is 77.4 Å². The molecule has 1 aliphatic heterocycles. The number of halogens is 2. The van der Waals surface area contributed by atoms with E-state index < -0.39 is 0 Å². The Labute approximate surface area is 210 Å². The summed E-state index contributed by atoms with van der Waals surface area (Å²) in [7, 11) is 0. The summed E-state index contributed by atoms with van der Waals surface area (Å²) in [6.07, 6.45) is 5.16. The number of hydrogen-bond acceptors (Lipinski definition) is 5. The van der Waals surface area contributed by atoms with E-state index in [4.69, 9.17) is 9.97 Å². The number of urea groups is 1. The van der Waals surface area contributed by atoms with Crippen LogP contribution in [0.5, 0.6) is 0 Å². The standard InChI is InChI=1S/C28H20F2N6O/c29-22-5-1-18(2-6-22)25-26(19-3-7-23(30)8-4-19)35-27-24(34-25)11-17(12-32-27)13-33-28(37)36-15-20-9-10-31-14-21(20)16-36/h1-12,14H,13,15-16H2,(H,33,37). The van der Waals surface area contributed by atoms with Gasteiger partial charge < -0.3 is 10.2 Å². The van der Waals surface area contributed by atoms with Crippen LogP contribution in [0.3, 0.4) is 0 Å². The zero-order chi connectivity index (χ0) is 25.4. The number of hydrogen-bond donors (Lipinski definition) is 1. The predicted octanol–water partition coefficient (Wildman–Crippen LogP) is 5.26. The third kappa shape index (κ3) is 4.58. The fraction of sp³-hybridized carbons (Fsp3) is 0.107. The van der Waals surface area contributed by atoms with Gasteiger partial charge in [-0.1, -0.05) is 0 Å². The van der Waals surface area contributed by atoms with Gasteiger partial charge in [-0.3, -0.25) is 4.98 Å². The highest BCUT2D eigenvalue weighted by Crippen LogP contribution is 2.31. The van der Waals surface area contributed by atoms with Gasteiger partial charge in [0, 0.05) is 49.4 Å². The van der Waals surface area contributed by atoms with Gasteiger partial charge in [0.1, 0.15) is 17.2 Å². The smallest absolute Gasteiger partial charge is 0.318 e. The van der Waals surface area contributed by atoms with E-state index in [1.807, 2.05) is 12.1 Å². The lowest BCUT2D eigenvalue weighted by Gasteiger charge is -2.16. The summed E-state index contributed by atoms with van der Waals surface area (Å²) >= 11 is 0. The van der Waals surface area contributed by atoms with E-state index in [-0.39, 0.29) is 24.2 Å². The Balaban J connectivity index is 1.29.